The van der Waals surface area contributed by atoms with E-state index in [1.165, 1.54) is 30.6 Å². The standard InChI is InChI=1S/C26H28N6O2S/c33-26(24-23(19-8-3-1-4-9-19)27-25(35-24)20-10-7-17-34-20)31-15-13-30(14-16-31)18-22-29-28-21-11-5-2-6-12-32(21)22/h1,3-4,7-10,17H,2,5-6,11-16,18H2. The van der Waals surface area contributed by atoms with Crippen LogP contribution in [0.2, 0.25) is 0 Å². The molecule has 2 aliphatic rings. The van der Waals surface area contributed by atoms with Crippen LogP contribution in [0.25, 0.3) is 22.0 Å². The summed E-state index contributed by atoms with van der Waals surface area (Å²) in [6.07, 6.45) is 6.30. The number of aryl methyl sites for hydroxylation is 1. The second-order valence-corrected chi connectivity index (χ2v) is 10.1. The Labute approximate surface area is 208 Å². The van der Waals surface area contributed by atoms with Crippen molar-refractivity contribution >= 4 is 17.2 Å². The molecular weight excluding hydrogens is 460 g/mol. The first-order chi connectivity index (χ1) is 17.3. The predicted octanol–water partition coefficient (Wildman–Crippen LogP) is 4.35. The summed E-state index contributed by atoms with van der Waals surface area (Å²) < 4.78 is 7.87. The molecule has 4 aromatic rings. The molecule has 1 aromatic carbocycles. The van der Waals surface area contributed by atoms with Crippen molar-refractivity contribution in [3.05, 3.63) is 65.3 Å². The zero-order chi connectivity index (χ0) is 23.6. The molecule has 1 fully saturated rings. The number of carbonyl (C=O) groups is 1. The maximum Gasteiger partial charge on any atom is 0.266 e. The number of hydrogen-bond donors (Lipinski definition) is 0. The van der Waals surface area contributed by atoms with Crippen molar-refractivity contribution in [1.82, 2.24) is 29.5 Å². The Morgan fingerprint density at radius 3 is 2.60 bits per heavy atom. The van der Waals surface area contributed by atoms with Crippen LogP contribution in [0.5, 0.6) is 0 Å². The van der Waals surface area contributed by atoms with Gasteiger partial charge in [0.1, 0.15) is 16.5 Å². The largest absolute Gasteiger partial charge is 0.462 e. The third-order valence-electron chi connectivity index (χ3n) is 6.81. The molecule has 0 bridgehead atoms. The molecule has 2 aliphatic heterocycles. The number of rotatable bonds is 5. The number of aromatic nitrogens is 4. The van der Waals surface area contributed by atoms with Gasteiger partial charge in [-0.15, -0.1) is 21.5 Å². The molecular formula is C26H28N6O2S. The van der Waals surface area contributed by atoms with E-state index in [1.807, 2.05) is 47.4 Å². The number of piperazine rings is 1. The van der Waals surface area contributed by atoms with Gasteiger partial charge in [0, 0.05) is 44.7 Å². The molecule has 3 aromatic heterocycles. The second-order valence-electron chi connectivity index (χ2n) is 9.10. The molecule has 0 unspecified atom stereocenters. The lowest BCUT2D eigenvalue weighted by Crippen LogP contribution is -2.48. The Bertz CT molecular complexity index is 1290. The van der Waals surface area contributed by atoms with Crippen molar-refractivity contribution in [3.63, 3.8) is 0 Å². The Balaban J connectivity index is 1.17. The summed E-state index contributed by atoms with van der Waals surface area (Å²) in [4.78, 5) is 23.4. The topological polar surface area (TPSA) is 80.3 Å². The Kier molecular flexibility index (Phi) is 6.18. The molecule has 0 atom stereocenters. The van der Waals surface area contributed by atoms with Gasteiger partial charge in [0.25, 0.3) is 5.91 Å². The monoisotopic (exact) mass is 488 g/mol. The summed E-state index contributed by atoms with van der Waals surface area (Å²) in [5.41, 5.74) is 1.66. The normalized spacial score (nSPS) is 16.7. The summed E-state index contributed by atoms with van der Waals surface area (Å²) >= 11 is 1.40. The smallest absolute Gasteiger partial charge is 0.266 e. The van der Waals surface area contributed by atoms with Crippen LogP contribution < -0.4 is 0 Å². The van der Waals surface area contributed by atoms with Gasteiger partial charge in [0.2, 0.25) is 0 Å². The summed E-state index contributed by atoms with van der Waals surface area (Å²) in [7, 11) is 0. The average Bonchev–Trinajstić information content (AvgIpc) is 3.63. The summed E-state index contributed by atoms with van der Waals surface area (Å²) in [6, 6.07) is 13.6. The summed E-state index contributed by atoms with van der Waals surface area (Å²) in [5.74, 6) is 2.90. The molecule has 8 nitrogen and oxygen atoms in total. The number of benzene rings is 1. The number of carbonyl (C=O) groups excluding carboxylic acids is 1. The quantitative estimate of drug-likeness (QED) is 0.416. The zero-order valence-corrected chi connectivity index (χ0v) is 20.4. The van der Waals surface area contributed by atoms with Crippen molar-refractivity contribution in [2.24, 2.45) is 0 Å². The van der Waals surface area contributed by atoms with Crippen molar-refractivity contribution in [3.8, 4) is 22.0 Å². The first-order valence-electron chi connectivity index (χ1n) is 12.3. The van der Waals surface area contributed by atoms with Crippen LogP contribution in [0.4, 0.5) is 0 Å². The van der Waals surface area contributed by atoms with Gasteiger partial charge in [0.05, 0.1) is 18.5 Å². The lowest BCUT2D eigenvalue weighted by atomic mass is 10.1. The summed E-state index contributed by atoms with van der Waals surface area (Å²) in [5, 5.41) is 9.64. The maximum absolute atomic E-state index is 13.7. The van der Waals surface area contributed by atoms with E-state index in [1.54, 1.807) is 6.26 Å². The Morgan fingerprint density at radius 1 is 0.943 bits per heavy atom. The SMILES string of the molecule is O=C(c1sc(-c2ccco2)nc1-c1ccccc1)N1CCN(Cc2nnc3n2CCCCC3)CC1. The van der Waals surface area contributed by atoms with Crippen LogP contribution in [0.3, 0.4) is 0 Å². The fourth-order valence-electron chi connectivity index (χ4n) is 4.88. The molecule has 0 spiro atoms. The first kappa shape index (κ1) is 22.2. The minimum atomic E-state index is 0.0372. The van der Waals surface area contributed by atoms with Crippen LogP contribution in [-0.2, 0) is 19.5 Å². The van der Waals surface area contributed by atoms with Crippen molar-refractivity contribution in [2.45, 2.75) is 38.8 Å². The van der Waals surface area contributed by atoms with Gasteiger partial charge in [-0.1, -0.05) is 36.8 Å². The average molecular weight is 489 g/mol. The number of thiazole rings is 1. The van der Waals surface area contributed by atoms with E-state index in [4.69, 9.17) is 9.40 Å². The van der Waals surface area contributed by atoms with Crippen molar-refractivity contribution in [2.75, 3.05) is 26.2 Å². The molecule has 0 radical (unpaired) electrons. The van der Waals surface area contributed by atoms with E-state index in [2.05, 4.69) is 19.7 Å². The fourth-order valence-corrected chi connectivity index (χ4v) is 5.90. The van der Waals surface area contributed by atoms with Gasteiger partial charge in [0.15, 0.2) is 10.8 Å². The van der Waals surface area contributed by atoms with Crippen LogP contribution in [0.1, 0.15) is 40.6 Å². The van der Waals surface area contributed by atoms with Gasteiger partial charge in [-0.25, -0.2) is 4.98 Å². The van der Waals surface area contributed by atoms with E-state index in [0.29, 0.717) is 23.7 Å². The van der Waals surface area contributed by atoms with Crippen LogP contribution in [-0.4, -0.2) is 61.6 Å². The summed E-state index contributed by atoms with van der Waals surface area (Å²) in [6.45, 7) is 4.80. The highest BCUT2D eigenvalue weighted by Crippen LogP contribution is 2.35. The fraction of sp³-hybridized carbons (Fsp3) is 0.385. The highest BCUT2D eigenvalue weighted by atomic mass is 32.1. The number of fused-ring (bicyclic) bond motifs is 1. The van der Waals surface area contributed by atoms with Gasteiger partial charge in [-0.3, -0.25) is 9.69 Å². The third-order valence-corrected chi connectivity index (χ3v) is 7.87. The number of amides is 1. The maximum atomic E-state index is 13.7. The molecule has 0 N–H and O–H groups in total. The molecule has 1 amide bonds. The van der Waals surface area contributed by atoms with E-state index in [0.717, 1.165) is 60.5 Å². The molecule has 9 heteroatoms. The van der Waals surface area contributed by atoms with Gasteiger partial charge in [-0.05, 0) is 25.0 Å². The van der Waals surface area contributed by atoms with Gasteiger partial charge < -0.3 is 13.9 Å². The van der Waals surface area contributed by atoms with E-state index >= 15 is 0 Å². The van der Waals surface area contributed by atoms with Crippen molar-refractivity contribution in [1.29, 1.82) is 0 Å². The highest BCUT2D eigenvalue weighted by Gasteiger charge is 2.28. The second kappa shape index (κ2) is 9.75. The Hall–Kier alpha value is -3.30. The van der Waals surface area contributed by atoms with Crippen LogP contribution in [0, 0.1) is 0 Å². The zero-order valence-electron chi connectivity index (χ0n) is 19.6. The van der Waals surface area contributed by atoms with E-state index in [9.17, 15) is 4.79 Å². The molecule has 0 saturated carbocycles. The lowest BCUT2D eigenvalue weighted by Gasteiger charge is -2.34. The molecule has 6 rings (SSSR count). The van der Waals surface area contributed by atoms with Crippen LogP contribution >= 0.6 is 11.3 Å². The van der Waals surface area contributed by atoms with E-state index < -0.39 is 0 Å². The first-order valence-corrected chi connectivity index (χ1v) is 13.1. The predicted molar refractivity (Wildman–Crippen MR) is 134 cm³/mol. The minimum Gasteiger partial charge on any atom is -0.462 e. The third kappa shape index (κ3) is 4.53. The number of hydrogen-bond acceptors (Lipinski definition) is 7. The molecule has 1 saturated heterocycles. The Morgan fingerprint density at radius 2 is 1.80 bits per heavy atom. The minimum absolute atomic E-state index is 0.0372. The molecule has 5 heterocycles. The van der Waals surface area contributed by atoms with Crippen LogP contribution in [0.15, 0.2) is 53.1 Å². The highest BCUT2D eigenvalue weighted by molar-refractivity contribution is 7.17. The van der Waals surface area contributed by atoms with E-state index in [-0.39, 0.29) is 5.91 Å². The number of nitrogens with zero attached hydrogens (tertiary/aromatic N) is 6. The number of furan rings is 1. The molecule has 35 heavy (non-hydrogen) atoms. The molecule has 0 aliphatic carbocycles. The van der Waals surface area contributed by atoms with Gasteiger partial charge in [-0.2, -0.15) is 0 Å². The molecule has 180 valence electrons. The van der Waals surface area contributed by atoms with Crippen molar-refractivity contribution < 1.29 is 9.21 Å². The van der Waals surface area contributed by atoms with Gasteiger partial charge >= 0.3 is 0 Å². The lowest BCUT2D eigenvalue weighted by molar-refractivity contribution is 0.0629.